The van der Waals surface area contributed by atoms with Crippen LogP contribution < -0.4 is 10.1 Å². The maximum absolute atomic E-state index is 11.7. The SMILES string of the molecule is C[C@H]1COC[C@@H]1n1c(C#N)cc2cnc(Nc3cn(CS(C)(=O)=O)nc3OC3CC3)nc21. The van der Waals surface area contributed by atoms with Gasteiger partial charge in [0, 0.05) is 23.8 Å². The number of rotatable bonds is 7. The van der Waals surface area contributed by atoms with Crippen LogP contribution >= 0.6 is 0 Å². The molecule has 2 fully saturated rings. The summed E-state index contributed by atoms with van der Waals surface area (Å²) in [5.41, 5.74) is 1.62. The number of nitrogens with one attached hydrogen (secondary N) is 1. The highest BCUT2D eigenvalue weighted by Crippen LogP contribution is 2.34. The van der Waals surface area contributed by atoms with Crippen LogP contribution in [0.25, 0.3) is 11.0 Å². The van der Waals surface area contributed by atoms with Crippen molar-refractivity contribution in [3.05, 3.63) is 24.2 Å². The fraction of sp³-hybridized carbons (Fsp3) is 0.500. The van der Waals surface area contributed by atoms with E-state index in [4.69, 9.17) is 9.47 Å². The second-order valence-electron chi connectivity index (χ2n) is 8.45. The van der Waals surface area contributed by atoms with Crippen molar-refractivity contribution in [3.63, 3.8) is 0 Å². The smallest absolute Gasteiger partial charge is 0.257 e. The highest BCUT2D eigenvalue weighted by Gasteiger charge is 2.30. The molecule has 2 atom stereocenters. The Bertz CT molecular complexity index is 1320. The lowest BCUT2D eigenvalue weighted by Crippen LogP contribution is -2.17. The van der Waals surface area contributed by atoms with Gasteiger partial charge in [0.15, 0.2) is 9.84 Å². The minimum Gasteiger partial charge on any atom is -0.472 e. The Balaban J connectivity index is 1.51. The fourth-order valence-electron chi connectivity index (χ4n) is 3.82. The van der Waals surface area contributed by atoms with Crippen LogP contribution in [0.2, 0.25) is 0 Å². The van der Waals surface area contributed by atoms with Crippen molar-refractivity contribution >= 4 is 32.5 Å². The second-order valence-corrected chi connectivity index (χ2v) is 10.6. The molecule has 3 aromatic rings. The maximum atomic E-state index is 11.7. The molecule has 0 bridgehead atoms. The van der Waals surface area contributed by atoms with Crippen LogP contribution in [-0.2, 0) is 20.5 Å². The molecule has 32 heavy (non-hydrogen) atoms. The standard InChI is InChI=1S/C20H23N7O4S/c1-12-9-30-10-17(12)27-14(6-21)5-13-7-22-20(24-18(13)27)23-16-8-26(11-32(2,28)29)25-19(16)31-15-3-4-15/h5,7-8,12,15,17H,3-4,9-11H2,1-2H3,(H,22,23,24)/t12-,17-/m0/s1. The van der Waals surface area contributed by atoms with E-state index in [0.717, 1.165) is 24.5 Å². The van der Waals surface area contributed by atoms with Crippen LogP contribution in [0.3, 0.4) is 0 Å². The fourth-order valence-corrected chi connectivity index (χ4v) is 4.43. The largest absolute Gasteiger partial charge is 0.472 e. The molecule has 0 amide bonds. The Morgan fingerprint density at radius 1 is 1.38 bits per heavy atom. The lowest BCUT2D eigenvalue weighted by molar-refractivity contribution is 0.182. The van der Waals surface area contributed by atoms with E-state index in [1.807, 2.05) is 4.57 Å². The predicted molar refractivity (Wildman–Crippen MR) is 115 cm³/mol. The van der Waals surface area contributed by atoms with Gasteiger partial charge in [-0.25, -0.2) is 13.4 Å². The van der Waals surface area contributed by atoms with E-state index in [2.05, 4.69) is 33.4 Å². The Kier molecular flexibility index (Phi) is 5.02. The summed E-state index contributed by atoms with van der Waals surface area (Å²) in [7, 11) is -3.28. The minimum atomic E-state index is -3.28. The van der Waals surface area contributed by atoms with Gasteiger partial charge in [0.05, 0.1) is 25.5 Å². The molecule has 1 aliphatic heterocycles. The molecule has 5 rings (SSSR count). The molecule has 0 spiro atoms. The summed E-state index contributed by atoms with van der Waals surface area (Å²) in [6.07, 6.45) is 6.33. The van der Waals surface area contributed by atoms with Crippen molar-refractivity contribution in [3.8, 4) is 11.9 Å². The Morgan fingerprint density at radius 2 is 2.19 bits per heavy atom. The van der Waals surface area contributed by atoms with Crippen molar-refractivity contribution in [2.45, 2.75) is 37.8 Å². The average molecular weight is 458 g/mol. The lowest BCUT2D eigenvalue weighted by Gasteiger charge is -2.17. The third kappa shape index (κ3) is 4.13. The molecule has 3 aromatic heterocycles. The van der Waals surface area contributed by atoms with Crippen molar-refractivity contribution in [1.82, 2.24) is 24.3 Å². The van der Waals surface area contributed by atoms with Crippen LogP contribution in [0.1, 0.15) is 31.5 Å². The van der Waals surface area contributed by atoms with E-state index < -0.39 is 9.84 Å². The molecule has 0 aromatic carbocycles. The number of nitrogens with zero attached hydrogens (tertiary/aromatic N) is 6. The van der Waals surface area contributed by atoms with Gasteiger partial charge in [0.25, 0.3) is 5.88 Å². The molecule has 1 aliphatic carbocycles. The monoisotopic (exact) mass is 457 g/mol. The average Bonchev–Trinajstić information content (AvgIpc) is 3.16. The first-order chi connectivity index (χ1) is 15.3. The molecule has 0 radical (unpaired) electrons. The summed E-state index contributed by atoms with van der Waals surface area (Å²) in [6.45, 7) is 3.24. The molecule has 11 nitrogen and oxygen atoms in total. The lowest BCUT2D eigenvalue weighted by atomic mass is 10.1. The Morgan fingerprint density at radius 3 is 2.84 bits per heavy atom. The van der Waals surface area contributed by atoms with E-state index in [0.29, 0.717) is 42.1 Å². The van der Waals surface area contributed by atoms with E-state index in [9.17, 15) is 13.7 Å². The van der Waals surface area contributed by atoms with Gasteiger partial charge in [-0.3, -0.25) is 4.68 Å². The molecule has 1 saturated carbocycles. The van der Waals surface area contributed by atoms with Crippen molar-refractivity contribution < 1.29 is 17.9 Å². The van der Waals surface area contributed by atoms with E-state index in [1.54, 1.807) is 18.5 Å². The minimum absolute atomic E-state index is 0.0103. The number of aromatic nitrogens is 5. The molecule has 168 valence electrons. The van der Waals surface area contributed by atoms with Gasteiger partial charge in [0.1, 0.15) is 35.1 Å². The highest BCUT2D eigenvalue weighted by atomic mass is 32.2. The molecule has 4 heterocycles. The highest BCUT2D eigenvalue weighted by molar-refractivity contribution is 7.89. The molecule has 1 saturated heterocycles. The van der Waals surface area contributed by atoms with Crippen LogP contribution in [0.15, 0.2) is 18.5 Å². The van der Waals surface area contributed by atoms with Gasteiger partial charge >= 0.3 is 0 Å². The maximum Gasteiger partial charge on any atom is 0.257 e. The summed E-state index contributed by atoms with van der Waals surface area (Å²) >= 11 is 0. The molecular formula is C20H23N7O4S. The number of ether oxygens (including phenoxy) is 2. The summed E-state index contributed by atoms with van der Waals surface area (Å²) in [6, 6.07) is 4.03. The molecule has 0 unspecified atom stereocenters. The Hall–Kier alpha value is -3.17. The normalized spacial score (nSPS) is 21.0. The third-order valence-electron chi connectivity index (χ3n) is 5.49. The number of hydrogen-bond acceptors (Lipinski definition) is 9. The Labute approximate surface area is 184 Å². The summed E-state index contributed by atoms with van der Waals surface area (Å²) < 4.78 is 38.1. The molecule has 12 heteroatoms. The van der Waals surface area contributed by atoms with Gasteiger partial charge in [-0.15, -0.1) is 5.10 Å². The third-order valence-corrected chi connectivity index (χ3v) is 6.23. The summed E-state index contributed by atoms with van der Waals surface area (Å²) in [4.78, 5) is 9.03. The number of anilines is 2. The molecule has 1 N–H and O–H groups in total. The number of nitriles is 1. The van der Waals surface area contributed by atoms with E-state index in [-0.39, 0.29) is 23.9 Å². The van der Waals surface area contributed by atoms with E-state index in [1.165, 1.54) is 4.68 Å². The van der Waals surface area contributed by atoms with Gasteiger partial charge in [-0.2, -0.15) is 10.2 Å². The van der Waals surface area contributed by atoms with Crippen molar-refractivity contribution in [2.75, 3.05) is 24.8 Å². The summed E-state index contributed by atoms with van der Waals surface area (Å²) in [5, 5.41) is 17.8. The summed E-state index contributed by atoms with van der Waals surface area (Å²) in [5.74, 6) is 0.596. The first-order valence-corrected chi connectivity index (χ1v) is 12.4. The predicted octanol–water partition coefficient (Wildman–Crippen LogP) is 1.99. The first-order valence-electron chi connectivity index (χ1n) is 10.4. The number of fused-ring (bicyclic) bond motifs is 1. The van der Waals surface area contributed by atoms with Gasteiger partial charge < -0.3 is 19.4 Å². The molecular weight excluding hydrogens is 434 g/mol. The van der Waals surface area contributed by atoms with Crippen LogP contribution in [0.4, 0.5) is 11.6 Å². The number of hydrogen-bond donors (Lipinski definition) is 1. The first kappa shape index (κ1) is 20.7. The topological polar surface area (TPSA) is 137 Å². The zero-order valence-corrected chi connectivity index (χ0v) is 18.5. The van der Waals surface area contributed by atoms with Crippen LogP contribution in [0.5, 0.6) is 5.88 Å². The van der Waals surface area contributed by atoms with Crippen LogP contribution in [0, 0.1) is 17.2 Å². The quantitative estimate of drug-likeness (QED) is 0.564. The number of sulfone groups is 1. The van der Waals surface area contributed by atoms with E-state index >= 15 is 0 Å². The second kappa shape index (κ2) is 7.75. The van der Waals surface area contributed by atoms with Crippen molar-refractivity contribution in [1.29, 1.82) is 5.26 Å². The van der Waals surface area contributed by atoms with Gasteiger partial charge in [-0.1, -0.05) is 6.92 Å². The zero-order valence-electron chi connectivity index (χ0n) is 17.7. The zero-order chi connectivity index (χ0) is 22.5. The van der Waals surface area contributed by atoms with Gasteiger partial charge in [0.2, 0.25) is 5.95 Å². The van der Waals surface area contributed by atoms with Crippen LogP contribution in [-0.4, -0.2) is 58.3 Å². The van der Waals surface area contributed by atoms with Gasteiger partial charge in [-0.05, 0) is 18.9 Å². The van der Waals surface area contributed by atoms with Crippen molar-refractivity contribution in [2.24, 2.45) is 5.92 Å². The molecule has 2 aliphatic rings.